The van der Waals surface area contributed by atoms with E-state index in [2.05, 4.69) is 34.9 Å². The van der Waals surface area contributed by atoms with E-state index in [1.54, 1.807) is 0 Å². The summed E-state index contributed by atoms with van der Waals surface area (Å²) >= 11 is 0. The zero-order valence-corrected chi connectivity index (χ0v) is 11.3. The number of nitrogens with zero attached hydrogens (tertiary/aromatic N) is 2. The molecular weight excluding hydrogens is 214 g/mol. The lowest BCUT2D eigenvalue weighted by atomic mass is 10.1. The second kappa shape index (κ2) is 4.69. The number of aryl methyl sites for hydroxylation is 1. The summed E-state index contributed by atoms with van der Waals surface area (Å²) in [6.07, 6.45) is 4.62. The minimum Gasteiger partial charge on any atom is -0.374 e. The number of rotatable bonds is 6. The average Bonchev–Trinajstić information content (AvgIpc) is 2.93. The minimum atomic E-state index is -0.151. The molecule has 0 radical (unpaired) electrons. The van der Waals surface area contributed by atoms with Crippen molar-refractivity contribution in [3.05, 3.63) is 11.9 Å². The van der Waals surface area contributed by atoms with Crippen LogP contribution in [0.15, 0.2) is 6.20 Å². The second-order valence-corrected chi connectivity index (χ2v) is 5.45. The monoisotopic (exact) mass is 237 g/mol. The molecule has 0 atom stereocenters. The minimum absolute atomic E-state index is 0.151. The lowest BCUT2D eigenvalue weighted by Gasteiger charge is -2.26. The SMILES string of the molecule is CCOC(C)(C)Cn1cc(C)nc1NC1CC1. The third-order valence-electron chi connectivity index (χ3n) is 2.89. The molecule has 0 amide bonds. The molecule has 1 heterocycles. The van der Waals surface area contributed by atoms with Crippen molar-refractivity contribution >= 4 is 5.95 Å². The Bertz CT molecular complexity index is 380. The molecule has 1 N–H and O–H groups in total. The number of nitrogens with one attached hydrogen (secondary N) is 1. The zero-order chi connectivity index (χ0) is 12.5. The van der Waals surface area contributed by atoms with Crippen molar-refractivity contribution in [2.24, 2.45) is 0 Å². The fourth-order valence-electron chi connectivity index (χ4n) is 2.04. The van der Waals surface area contributed by atoms with E-state index in [9.17, 15) is 0 Å². The Balaban J connectivity index is 2.07. The summed E-state index contributed by atoms with van der Waals surface area (Å²) in [4.78, 5) is 4.53. The van der Waals surface area contributed by atoms with Crippen molar-refractivity contribution in [1.29, 1.82) is 0 Å². The number of imidazole rings is 1. The Hall–Kier alpha value is -1.03. The van der Waals surface area contributed by atoms with E-state index in [0.29, 0.717) is 6.04 Å². The number of hydrogen-bond donors (Lipinski definition) is 1. The molecule has 0 aliphatic heterocycles. The van der Waals surface area contributed by atoms with Crippen LogP contribution in [-0.4, -0.2) is 27.8 Å². The van der Waals surface area contributed by atoms with Crippen LogP contribution in [0.5, 0.6) is 0 Å². The Morgan fingerprint density at radius 3 is 2.82 bits per heavy atom. The summed E-state index contributed by atoms with van der Waals surface area (Å²) in [5.41, 5.74) is 0.905. The lowest BCUT2D eigenvalue weighted by molar-refractivity contribution is -0.0220. The normalized spacial score (nSPS) is 16.2. The maximum absolute atomic E-state index is 5.74. The second-order valence-electron chi connectivity index (χ2n) is 5.45. The smallest absolute Gasteiger partial charge is 0.203 e. The van der Waals surface area contributed by atoms with E-state index in [-0.39, 0.29) is 5.60 Å². The fraction of sp³-hybridized carbons (Fsp3) is 0.769. The summed E-state index contributed by atoms with van der Waals surface area (Å²) in [6, 6.07) is 0.630. The van der Waals surface area contributed by atoms with Gasteiger partial charge in [-0.05, 0) is 40.5 Å². The highest BCUT2D eigenvalue weighted by molar-refractivity contribution is 5.32. The van der Waals surface area contributed by atoms with Crippen molar-refractivity contribution < 1.29 is 4.74 Å². The van der Waals surface area contributed by atoms with E-state index in [4.69, 9.17) is 4.74 Å². The van der Waals surface area contributed by atoms with E-state index >= 15 is 0 Å². The van der Waals surface area contributed by atoms with Crippen molar-refractivity contribution in [1.82, 2.24) is 9.55 Å². The average molecular weight is 237 g/mol. The summed E-state index contributed by atoms with van der Waals surface area (Å²) in [5.74, 6) is 0.984. The third-order valence-corrected chi connectivity index (χ3v) is 2.89. The van der Waals surface area contributed by atoms with Gasteiger partial charge >= 0.3 is 0 Å². The Morgan fingerprint density at radius 1 is 1.53 bits per heavy atom. The van der Waals surface area contributed by atoms with Crippen LogP contribution in [0.25, 0.3) is 0 Å². The Labute approximate surface area is 103 Å². The van der Waals surface area contributed by atoms with Gasteiger partial charge in [-0.15, -0.1) is 0 Å². The summed E-state index contributed by atoms with van der Waals surface area (Å²) < 4.78 is 7.91. The third kappa shape index (κ3) is 3.46. The van der Waals surface area contributed by atoms with Crippen LogP contribution in [0.2, 0.25) is 0 Å². The molecule has 4 heteroatoms. The van der Waals surface area contributed by atoms with Gasteiger partial charge in [0.2, 0.25) is 5.95 Å². The van der Waals surface area contributed by atoms with Crippen LogP contribution < -0.4 is 5.32 Å². The highest BCUT2D eigenvalue weighted by Crippen LogP contribution is 2.25. The quantitative estimate of drug-likeness (QED) is 0.826. The van der Waals surface area contributed by atoms with E-state index in [1.807, 2.05) is 13.8 Å². The number of anilines is 1. The largest absolute Gasteiger partial charge is 0.374 e. The van der Waals surface area contributed by atoms with Crippen molar-refractivity contribution in [2.75, 3.05) is 11.9 Å². The molecule has 4 nitrogen and oxygen atoms in total. The van der Waals surface area contributed by atoms with Crippen LogP contribution >= 0.6 is 0 Å². The van der Waals surface area contributed by atoms with Gasteiger partial charge in [-0.1, -0.05) is 0 Å². The van der Waals surface area contributed by atoms with E-state index in [1.165, 1.54) is 12.8 Å². The van der Waals surface area contributed by atoms with Gasteiger partial charge in [0.05, 0.1) is 17.8 Å². The molecule has 1 saturated carbocycles. The van der Waals surface area contributed by atoms with Gasteiger partial charge in [0, 0.05) is 18.8 Å². The summed E-state index contributed by atoms with van der Waals surface area (Å²) in [7, 11) is 0. The van der Waals surface area contributed by atoms with Crippen LogP contribution in [-0.2, 0) is 11.3 Å². The molecule has 1 aliphatic carbocycles. The molecule has 1 fully saturated rings. The number of ether oxygens (including phenoxy) is 1. The predicted molar refractivity (Wildman–Crippen MR) is 69.3 cm³/mol. The molecule has 0 bridgehead atoms. The molecule has 0 spiro atoms. The molecule has 0 aromatic carbocycles. The molecule has 96 valence electrons. The number of aromatic nitrogens is 2. The van der Waals surface area contributed by atoms with Gasteiger partial charge in [-0.25, -0.2) is 4.98 Å². The first kappa shape index (κ1) is 12.4. The van der Waals surface area contributed by atoms with E-state index in [0.717, 1.165) is 24.8 Å². The van der Waals surface area contributed by atoms with Gasteiger partial charge in [0.15, 0.2) is 0 Å². The maximum atomic E-state index is 5.74. The van der Waals surface area contributed by atoms with Crippen LogP contribution in [0, 0.1) is 6.92 Å². The zero-order valence-electron chi connectivity index (χ0n) is 11.3. The van der Waals surface area contributed by atoms with Crippen molar-refractivity contribution in [3.63, 3.8) is 0 Å². The first-order valence-electron chi connectivity index (χ1n) is 6.44. The van der Waals surface area contributed by atoms with Gasteiger partial charge in [0.1, 0.15) is 0 Å². The summed E-state index contributed by atoms with van der Waals surface area (Å²) in [6.45, 7) is 9.87. The molecule has 2 rings (SSSR count). The van der Waals surface area contributed by atoms with Crippen LogP contribution in [0.3, 0.4) is 0 Å². The Kier molecular flexibility index (Phi) is 3.43. The molecule has 1 aromatic rings. The summed E-state index contributed by atoms with van der Waals surface area (Å²) in [5, 5.41) is 3.47. The maximum Gasteiger partial charge on any atom is 0.203 e. The van der Waals surface area contributed by atoms with Gasteiger partial charge < -0.3 is 14.6 Å². The molecule has 17 heavy (non-hydrogen) atoms. The van der Waals surface area contributed by atoms with Gasteiger partial charge in [0.25, 0.3) is 0 Å². The first-order valence-corrected chi connectivity index (χ1v) is 6.44. The number of hydrogen-bond acceptors (Lipinski definition) is 3. The predicted octanol–water partition coefficient (Wildman–Crippen LogP) is 2.58. The highest BCUT2D eigenvalue weighted by Gasteiger charge is 2.25. The van der Waals surface area contributed by atoms with E-state index < -0.39 is 0 Å². The van der Waals surface area contributed by atoms with Crippen molar-refractivity contribution in [2.45, 2.75) is 58.7 Å². The first-order chi connectivity index (χ1) is 8.00. The van der Waals surface area contributed by atoms with Crippen molar-refractivity contribution in [3.8, 4) is 0 Å². The van der Waals surface area contributed by atoms with Crippen LogP contribution in [0.1, 0.15) is 39.3 Å². The lowest BCUT2D eigenvalue weighted by Crippen LogP contribution is -2.31. The molecule has 0 saturated heterocycles. The van der Waals surface area contributed by atoms with Crippen LogP contribution in [0.4, 0.5) is 5.95 Å². The molecular formula is C13H23N3O. The molecule has 0 unspecified atom stereocenters. The highest BCUT2D eigenvalue weighted by atomic mass is 16.5. The standard InChI is InChI=1S/C13H23N3O/c1-5-17-13(3,4)9-16-8-10(2)14-12(16)15-11-6-7-11/h8,11H,5-7,9H2,1-4H3,(H,14,15). The molecule has 1 aromatic heterocycles. The Morgan fingerprint density at radius 2 is 2.24 bits per heavy atom. The molecule has 1 aliphatic rings. The van der Waals surface area contributed by atoms with Gasteiger partial charge in [-0.2, -0.15) is 0 Å². The topological polar surface area (TPSA) is 39.1 Å². The van der Waals surface area contributed by atoms with Gasteiger partial charge in [-0.3, -0.25) is 0 Å². The fourth-order valence-corrected chi connectivity index (χ4v) is 2.04.